The maximum atomic E-state index is 13.5. The number of benzene rings is 1. The van der Waals surface area contributed by atoms with Crippen molar-refractivity contribution in [2.24, 2.45) is 0 Å². The first kappa shape index (κ1) is 17.0. The molecule has 4 aromatic rings. The lowest BCUT2D eigenvalue weighted by Gasteiger charge is -2.11. The van der Waals surface area contributed by atoms with Crippen LogP contribution in [0.1, 0.15) is 21.6 Å². The molecule has 0 radical (unpaired) electrons. The third-order valence-electron chi connectivity index (χ3n) is 4.26. The molecule has 0 bridgehead atoms. The molecule has 0 saturated carbocycles. The molecular formula is C20H15F2N3O2. The summed E-state index contributed by atoms with van der Waals surface area (Å²) in [4.78, 5) is 16.7. The number of nitrogens with zero attached hydrogens (tertiary/aromatic N) is 2. The Labute approximate surface area is 153 Å². The summed E-state index contributed by atoms with van der Waals surface area (Å²) in [5.74, 6) is -2.13. The molecule has 0 unspecified atom stereocenters. The predicted molar refractivity (Wildman–Crippen MR) is 95.1 cm³/mol. The van der Waals surface area contributed by atoms with Gasteiger partial charge < -0.3 is 14.3 Å². The lowest BCUT2D eigenvalue weighted by atomic mass is 10.2. The van der Waals surface area contributed by atoms with Gasteiger partial charge in [0.1, 0.15) is 5.69 Å². The zero-order valence-electron chi connectivity index (χ0n) is 14.2. The van der Waals surface area contributed by atoms with Gasteiger partial charge in [-0.1, -0.05) is 12.1 Å². The van der Waals surface area contributed by atoms with Crippen molar-refractivity contribution in [1.29, 1.82) is 0 Å². The van der Waals surface area contributed by atoms with Gasteiger partial charge in [0.15, 0.2) is 17.2 Å². The number of hydrogen-bond donors (Lipinski definition) is 1. The Balaban J connectivity index is 1.62. The third kappa shape index (κ3) is 3.44. The first-order chi connectivity index (χ1) is 13.1. The minimum atomic E-state index is -0.925. The molecule has 3 heterocycles. The Bertz CT molecular complexity index is 1100. The van der Waals surface area contributed by atoms with Crippen LogP contribution in [0.15, 0.2) is 65.5 Å². The highest BCUT2D eigenvalue weighted by Gasteiger charge is 2.18. The van der Waals surface area contributed by atoms with Crippen molar-refractivity contribution in [2.75, 3.05) is 0 Å². The van der Waals surface area contributed by atoms with Crippen LogP contribution in [-0.4, -0.2) is 15.5 Å². The van der Waals surface area contributed by atoms with Gasteiger partial charge in [0, 0.05) is 37.6 Å². The molecule has 0 aliphatic rings. The fourth-order valence-corrected chi connectivity index (χ4v) is 2.93. The highest BCUT2D eigenvalue weighted by Crippen LogP contribution is 2.23. The van der Waals surface area contributed by atoms with E-state index in [0.29, 0.717) is 28.9 Å². The quantitative estimate of drug-likeness (QED) is 0.582. The van der Waals surface area contributed by atoms with Crippen LogP contribution in [0.2, 0.25) is 0 Å². The van der Waals surface area contributed by atoms with Crippen LogP contribution >= 0.6 is 0 Å². The first-order valence-corrected chi connectivity index (χ1v) is 8.29. The van der Waals surface area contributed by atoms with E-state index in [1.54, 1.807) is 35.2 Å². The van der Waals surface area contributed by atoms with E-state index in [-0.39, 0.29) is 12.5 Å². The average Bonchev–Trinajstić information content (AvgIpc) is 3.26. The molecule has 0 saturated heterocycles. The van der Waals surface area contributed by atoms with Crippen molar-refractivity contribution >= 4 is 17.0 Å². The zero-order valence-corrected chi connectivity index (χ0v) is 14.2. The van der Waals surface area contributed by atoms with Gasteiger partial charge in [-0.25, -0.2) is 8.78 Å². The number of halogens is 2. The second-order valence-electron chi connectivity index (χ2n) is 6.08. The largest absolute Gasteiger partial charge is 0.463 e. The molecule has 27 heavy (non-hydrogen) atoms. The Morgan fingerprint density at radius 2 is 2.00 bits per heavy atom. The number of pyridine rings is 1. The second kappa shape index (κ2) is 7.03. The summed E-state index contributed by atoms with van der Waals surface area (Å²) in [5.41, 5.74) is 3.02. The predicted octanol–water partition coefficient (Wildman–Crippen LogP) is 3.89. The van der Waals surface area contributed by atoms with Gasteiger partial charge in [-0.15, -0.1) is 0 Å². The van der Waals surface area contributed by atoms with Crippen LogP contribution in [0, 0.1) is 11.6 Å². The SMILES string of the molecule is O=C(NCc1cccnc1)c1cc2occc2n1Cc1ccc(F)c(F)c1. The molecule has 0 spiro atoms. The van der Waals surface area contributed by atoms with E-state index in [1.165, 1.54) is 12.3 Å². The van der Waals surface area contributed by atoms with E-state index in [4.69, 9.17) is 4.42 Å². The Morgan fingerprint density at radius 1 is 1.11 bits per heavy atom. The molecule has 0 aliphatic carbocycles. The summed E-state index contributed by atoms with van der Waals surface area (Å²) in [6.07, 6.45) is 4.85. The fourth-order valence-electron chi connectivity index (χ4n) is 2.93. The molecule has 136 valence electrons. The topological polar surface area (TPSA) is 60.1 Å². The number of aromatic nitrogens is 2. The number of carbonyl (C=O) groups is 1. The Hall–Kier alpha value is -3.48. The standard InChI is InChI=1S/C20H15F2N3O2/c21-15-4-3-13(8-16(15)22)12-25-17-5-7-27-19(17)9-18(25)20(26)24-11-14-2-1-6-23-10-14/h1-10H,11-12H2,(H,24,26). The van der Waals surface area contributed by atoms with Gasteiger partial charge in [-0.05, 0) is 29.3 Å². The number of amides is 1. The molecule has 3 aromatic heterocycles. The van der Waals surface area contributed by atoms with Gasteiger partial charge in [0.25, 0.3) is 5.91 Å². The zero-order chi connectivity index (χ0) is 18.8. The lowest BCUT2D eigenvalue weighted by Crippen LogP contribution is -2.25. The van der Waals surface area contributed by atoms with Crippen molar-refractivity contribution in [3.8, 4) is 0 Å². The number of furan rings is 1. The Kier molecular flexibility index (Phi) is 4.42. The van der Waals surface area contributed by atoms with E-state index in [9.17, 15) is 13.6 Å². The first-order valence-electron chi connectivity index (χ1n) is 8.29. The Morgan fingerprint density at radius 3 is 2.78 bits per heavy atom. The van der Waals surface area contributed by atoms with Crippen molar-refractivity contribution < 1.29 is 18.0 Å². The van der Waals surface area contributed by atoms with Crippen LogP contribution in [0.25, 0.3) is 11.1 Å². The molecule has 4 rings (SSSR count). The average molecular weight is 367 g/mol. The molecule has 1 aromatic carbocycles. The lowest BCUT2D eigenvalue weighted by molar-refractivity contribution is 0.0942. The van der Waals surface area contributed by atoms with E-state index in [1.807, 2.05) is 6.07 Å². The smallest absolute Gasteiger partial charge is 0.268 e. The summed E-state index contributed by atoms with van der Waals surface area (Å²) < 4.78 is 33.8. The van der Waals surface area contributed by atoms with E-state index in [0.717, 1.165) is 17.7 Å². The molecule has 0 fully saturated rings. The van der Waals surface area contributed by atoms with Gasteiger partial charge in [-0.2, -0.15) is 0 Å². The summed E-state index contributed by atoms with van der Waals surface area (Å²) in [6, 6.07) is 10.7. The molecule has 0 atom stereocenters. The molecule has 1 amide bonds. The molecular weight excluding hydrogens is 352 g/mol. The van der Waals surface area contributed by atoms with Crippen LogP contribution in [0.4, 0.5) is 8.78 Å². The van der Waals surface area contributed by atoms with Crippen LogP contribution < -0.4 is 5.32 Å². The maximum absolute atomic E-state index is 13.5. The number of rotatable bonds is 5. The highest BCUT2D eigenvalue weighted by atomic mass is 19.2. The molecule has 7 heteroatoms. The summed E-state index contributed by atoms with van der Waals surface area (Å²) in [5, 5.41) is 2.84. The monoisotopic (exact) mass is 367 g/mol. The highest BCUT2D eigenvalue weighted by molar-refractivity contribution is 5.97. The van der Waals surface area contributed by atoms with Crippen molar-refractivity contribution in [2.45, 2.75) is 13.1 Å². The number of hydrogen-bond acceptors (Lipinski definition) is 3. The number of nitrogens with one attached hydrogen (secondary N) is 1. The minimum absolute atomic E-state index is 0.204. The molecule has 5 nitrogen and oxygen atoms in total. The van der Waals surface area contributed by atoms with Crippen LogP contribution in [-0.2, 0) is 13.1 Å². The van der Waals surface area contributed by atoms with E-state index >= 15 is 0 Å². The number of carbonyl (C=O) groups excluding carboxylic acids is 1. The minimum Gasteiger partial charge on any atom is -0.463 e. The van der Waals surface area contributed by atoms with Crippen molar-refractivity contribution in [3.63, 3.8) is 0 Å². The normalized spacial score (nSPS) is 11.0. The third-order valence-corrected chi connectivity index (χ3v) is 4.26. The van der Waals surface area contributed by atoms with Gasteiger partial charge >= 0.3 is 0 Å². The van der Waals surface area contributed by atoms with E-state index < -0.39 is 11.6 Å². The second-order valence-corrected chi connectivity index (χ2v) is 6.08. The summed E-state index contributed by atoms with van der Waals surface area (Å²) >= 11 is 0. The maximum Gasteiger partial charge on any atom is 0.268 e. The van der Waals surface area contributed by atoms with Gasteiger partial charge in [0.05, 0.1) is 11.8 Å². The van der Waals surface area contributed by atoms with Crippen molar-refractivity contribution in [1.82, 2.24) is 14.9 Å². The molecule has 0 aliphatic heterocycles. The summed E-state index contributed by atoms with van der Waals surface area (Å²) in [7, 11) is 0. The van der Waals surface area contributed by atoms with Crippen molar-refractivity contribution in [3.05, 3.63) is 89.6 Å². The summed E-state index contributed by atoms with van der Waals surface area (Å²) in [6.45, 7) is 0.528. The van der Waals surface area contributed by atoms with E-state index in [2.05, 4.69) is 10.3 Å². The van der Waals surface area contributed by atoms with Gasteiger partial charge in [0.2, 0.25) is 0 Å². The fraction of sp³-hybridized carbons (Fsp3) is 0.100. The number of fused-ring (bicyclic) bond motifs is 1. The van der Waals surface area contributed by atoms with Crippen LogP contribution in [0.3, 0.4) is 0 Å². The molecule has 1 N–H and O–H groups in total. The van der Waals surface area contributed by atoms with Gasteiger partial charge in [-0.3, -0.25) is 9.78 Å². The van der Waals surface area contributed by atoms with Crippen LogP contribution in [0.5, 0.6) is 0 Å².